The third-order valence-corrected chi connectivity index (χ3v) is 3.53. The number of nitrogens with zero attached hydrogens (tertiary/aromatic N) is 1. The maximum absolute atomic E-state index is 12.1. The van der Waals surface area contributed by atoms with Crippen molar-refractivity contribution in [2.24, 2.45) is 0 Å². The van der Waals surface area contributed by atoms with Gasteiger partial charge in [-0.1, -0.05) is 11.6 Å². The van der Waals surface area contributed by atoms with Crippen molar-refractivity contribution < 1.29 is 18.3 Å². The van der Waals surface area contributed by atoms with E-state index in [2.05, 4.69) is 20.3 Å². The summed E-state index contributed by atoms with van der Waals surface area (Å²) in [7, 11) is 0. The molecule has 1 saturated heterocycles. The van der Waals surface area contributed by atoms with Crippen LogP contribution in [0.1, 0.15) is 6.42 Å². The molecule has 1 aliphatic heterocycles. The van der Waals surface area contributed by atoms with E-state index in [4.69, 9.17) is 11.6 Å². The Balaban J connectivity index is 0.00000264. The molecule has 2 rings (SSSR count). The summed E-state index contributed by atoms with van der Waals surface area (Å²) in [5.41, 5.74) is 0.449. The molecule has 0 aromatic heterocycles. The van der Waals surface area contributed by atoms with Gasteiger partial charge in [-0.2, -0.15) is 8.78 Å². The molecule has 1 aromatic carbocycles. The van der Waals surface area contributed by atoms with Crippen LogP contribution in [0.15, 0.2) is 18.2 Å². The molecule has 0 bridgehead atoms. The molecular formula is C14H19Cl2F2N3O2. The van der Waals surface area contributed by atoms with Gasteiger partial charge in [0.2, 0.25) is 5.91 Å². The van der Waals surface area contributed by atoms with Crippen molar-refractivity contribution in [2.75, 3.05) is 38.0 Å². The zero-order valence-electron chi connectivity index (χ0n) is 12.4. The minimum atomic E-state index is -2.94. The van der Waals surface area contributed by atoms with Crippen LogP contribution in [0, 0.1) is 0 Å². The molecule has 0 spiro atoms. The van der Waals surface area contributed by atoms with E-state index in [9.17, 15) is 13.6 Å². The largest absolute Gasteiger partial charge is 0.433 e. The van der Waals surface area contributed by atoms with Gasteiger partial charge in [-0.3, -0.25) is 9.69 Å². The summed E-state index contributed by atoms with van der Waals surface area (Å²) in [5, 5.41) is 5.99. The van der Waals surface area contributed by atoms with Gasteiger partial charge >= 0.3 is 6.61 Å². The molecule has 1 heterocycles. The van der Waals surface area contributed by atoms with Crippen LogP contribution in [-0.2, 0) is 4.79 Å². The van der Waals surface area contributed by atoms with E-state index in [1.54, 1.807) is 0 Å². The minimum Gasteiger partial charge on any atom is -0.433 e. The fraction of sp³-hybridized carbons (Fsp3) is 0.500. The highest BCUT2D eigenvalue weighted by atomic mass is 35.5. The molecule has 0 saturated carbocycles. The third kappa shape index (κ3) is 6.87. The first-order chi connectivity index (χ1) is 10.5. The molecule has 130 valence electrons. The second-order valence-electron chi connectivity index (χ2n) is 4.95. The van der Waals surface area contributed by atoms with Crippen LogP contribution in [0.5, 0.6) is 5.75 Å². The minimum absolute atomic E-state index is 0. The summed E-state index contributed by atoms with van der Waals surface area (Å²) in [4.78, 5) is 14.1. The predicted molar refractivity (Wildman–Crippen MR) is 87.9 cm³/mol. The number of alkyl halides is 2. The molecule has 1 aliphatic rings. The zero-order valence-corrected chi connectivity index (χ0v) is 13.9. The first-order valence-electron chi connectivity index (χ1n) is 7.02. The topological polar surface area (TPSA) is 53.6 Å². The lowest BCUT2D eigenvalue weighted by Crippen LogP contribution is -2.35. The van der Waals surface area contributed by atoms with Crippen molar-refractivity contribution >= 4 is 35.6 Å². The van der Waals surface area contributed by atoms with E-state index in [1.165, 1.54) is 18.2 Å². The summed E-state index contributed by atoms with van der Waals surface area (Å²) in [6, 6.07) is 4.17. The van der Waals surface area contributed by atoms with Gasteiger partial charge in [-0.15, -0.1) is 12.4 Å². The first kappa shape index (κ1) is 19.9. The van der Waals surface area contributed by atoms with Crippen molar-refractivity contribution in [3.05, 3.63) is 23.2 Å². The van der Waals surface area contributed by atoms with Gasteiger partial charge < -0.3 is 15.4 Å². The fourth-order valence-corrected chi connectivity index (χ4v) is 2.46. The number of benzene rings is 1. The molecule has 1 fully saturated rings. The van der Waals surface area contributed by atoms with E-state index < -0.39 is 6.61 Å². The number of hydrogen-bond donors (Lipinski definition) is 2. The maximum Gasteiger partial charge on any atom is 0.387 e. The van der Waals surface area contributed by atoms with Crippen molar-refractivity contribution in [3.8, 4) is 5.75 Å². The zero-order chi connectivity index (χ0) is 15.9. The highest BCUT2D eigenvalue weighted by Gasteiger charge is 2.14. The second-order valence-corrected chi connectivity index (χ2v) is 5.36. The van der Waals surface area contributed by atoms with Gasteiger partial charge in [-0.05, 0) is 37.7 Å². The second kappa shape index (κ2) is 9.87. The Hall–Kier alpha value is -1.15. The van der Waals surface area contributed by atoms with Gasteiger partial charge in [0.25, 0.3) is 0 Å². The lowest BCUT2D eigenvalue weighted by Gasteiger charge is -2.18. The number of amides is 1. The van der Waals surface area contributed by atoms with Crippen molar-refractivity contribution in [1.82, 2.24) is 10.2 Å². The van der Waals surface area contributed by atoms with Crippen LogP contribution in [0.4, 0.5) is 14.5 Å². The van der Waals surface area contributed by atoms with Gasteiger partial charge in [0.15, 0.2) is 0 Å². The quantitative estimate of drug-likeness (QED) is 0.837. The number of halogens is 4. The van der Waals surface area contributed by atoms with Crippen molar-refractivity contribution in [2.45, 2.75) is 13.0 Å². The van der Waals surface area contributed by atoms with Crippen LogP contribution >= 0.6 is 24.0 Å². The Morgan fingerprint density at radius 2 is 2.17 bits per heavy atom. The van der Waals surface area contributed by atoms with Gasteiger partial charge in [0.05, 0.1) is 11.6 Å². The highest BCUT2D eigenvalue weighted by molar-refractivity contribution is 6.32. The van der Waals surface area contributed by atoms with Gasteiger partial charge in [0.1, 0.15) is 5.75 Å². The summed E-state index contributed by atoms with van der Waals surface area (Å²) in [5.74, 6) is -0.284. The van der Waals surface area contributed by atoms with E-state index in [1.807, 2.05) is 0 Å². The summed E-state index contributed by atoms with van der Waals surface area (Å²) >= 11 is 5.84. The Morgan fingerprint density at radius 1 is 1.39 bits per heavy atom. The van der Waals surface area contributed by atoms with Crippen LogP contribution in [0.25, 0.3) is 0 Å². The smallest absolute Gasteiger partial charge is 0.387 e. The number of anilines is 1. The average molecular weight is 370 g/mol. The molecule has 2 N–H and O–H groups in total. The SMILES string of the molecule is Cl.O=C(CN1CCCNCC1)Nc1ccc(OC(F)F)c(Cl)c1. The molecule has 0 unspecified atom stereocenters. The monoisotopic (exact) mass is 369 g/mol. The van der Waals surface area contributed by atoms with E-state index in [0.717, 1.165) is 32.6 Å². The van der Waals surface area contributed by atoms with Crippen LogP contribution < -0.4 is 15.4 Å². The van der Waals surface area contributed by atoms with Gasteiger partial charge in [0, 0.05) is 18.8 Å². The summed E-state index contributed by atoms with van der Waals surface area (Å²) in [6.45, 7) is 0.847. The maximum atomic E-state index is 12.1. The molecule has 0 radical (unpaired) electrons. The van der Waals surface area contributed by atoms with E-state index in [0.29, 0.717) is 5.69 Å². The Labute approximate surface area is 144 Å². The van der Waals surface area contributed by atoms with E-state index in [-0.39, 0.29) is 35.6 Å². The molecular weight excluding hydrogens is 351 g/mol. The number of hydrogen-bond acceptors (Lipinski definition) is 4. The first-order valence-corrected chi connectivity index (χ1v) is 7.39. The number of ether oxygens (including phenoxy) is 1. The summed E-state index contributed by atoms with van der Waals surface area (Å²) < 4.78 is 28.5. The molecule has 23 heavy (non-hydrogen) atoms. The lowest BCUT2D eigenvalue weighted by molar-refractivity contribution is -0.117. The summed E-state index contributed by atoms with van der Waals surface area (Å²) in [6.07, 6.45) is 0.999. The number of rotatable bonds is 5. The Morgan fingerprint density at radius 3 is 2.87 bits per heavy atom. The normalized spacial score (nSPS) is 15.7. The Kier molecular flexibility index (Phi) is 8.54. The Bertz CT molecular complexity index is 513. The molecule has 9 heteroatoms. The van der Waals surface area contributed by atoms with E-state index >= 15 is 0 Å². The van der Waals surface area contributed by atoms with Crippen molar-refractivity contribution in [3.63, 3.8) is 0 Å². The third-order valence-electron chi connectivity index (χ3n) is 3.23. The number of nitrogens with one attached hydrogen (secondary N) is 2. The highest BCUT2D eigenvalue weighted by Crippen LogP contribution is 2.28. The average Bonchev–Trinajstić information content (AvgIpc) is 2.70. The molecule has 5 nitrogen and oxygen atoms in total. The molecule has 1 amide bonds. The van der Waals surface area contributed by atoms with Crippen LogP contribution in [0.2, 0.25) is 5.02 Å². The van der Waals surface area contributed by atoms with Crippen molar-refractivity contribution in [1.29, 1.82) is 0 Å². The van der Waals surface area contributed by atoms with Crippen LogP contribution in [-0.4, -0.2) is 50.1 Å². The standard InChI is InChI=1S/C14H18ClF2N3O2.ClH/c15-11-8-10(2-3-12(11)22-14(16)17)19-13(21)9-20-6-1-4-18-5-7-20;/h2-3,8,14,18H,1,4-7,9H2,(H,19,21);1H. The molecule has 0 aliphatic carbocycles. The van der Waals surface area contributed by atoms with Gasteiger partial charge in [-0.25, -0.2) is 0 Å². The molecule has 1 aromatic rings. The number of carbonyl (C=O) groups is 1. The van der Waals surface area contributed by atoms with Crippen LogP contribution in [0.3, 0.4) is 0 Å². The number of carbonyl (C=O) groups excluding carboxylic acids is 1. The predicted octanol–water partition coefficient (Wildman–Crippen LogP) is 2.60. The fourth-order valence-electron chi connectivity index (χ4n) is 2.23. The molecule has 0 atom stereocenters. The lowest BCUT2D eigenvalue weighted by atomic mass is 10.3.